The van der Waals surface area contributed by atoms with Crippen molar-refractivity contribution in [3.63, 3.8) is 0 Å². The van der Waals surface area contributed by atoms with Gasteiger partial charge in [0.15, 0.2) is 0 Å². The first-order chi connectivity index (χ1) is 16.9. The summed E-state index contributed by atoms with van der Waals surface area (Å²) in [5, 5.41) is 11.5. The van der Waals surface area contributed by atoms with Gasteiger partial charge in [0, 0.05) is 16.3 Å². The summed E-state index contributed by atoms with van der Waals surface area (Å²) < 4.78 is 10.2. The zero-order valence-corrected chi connectivity index (χ0v) is 19.8. The van der Waals surface area contributed by atoms with Gasteiger partial charge in [0.2, 0.25) is 0 Å². The van der Waals surface area contributed by atoms with Crippen LogP contribution in [0.5, 0.6) is 5.75 Å². The first-order valence-electron chi connectivity index (χ1n) is 10.8. The van der Waals surface area contributed by atoms with Crippen LogP contribution in [-0.2, 0) is 14.3 Å². The molecule has 1 atom stereocenters. The number of esters is 1. The molecule has 3 aromatic rings. The number of halogens is 1. The van der Waals surface area contributed by atoms with Crippen LogP contribution in [-0.4, -0.2) is 36.5 Å². The Morgan fingerprint density at radius 2 is 1.60 bits per heavy atom. The number of amides is 1. The molecule has 0 aliphatic carbocycles. The van der Waals surface area contributed by atoms with Crippen LogP contribution in [0, 0.1) is 0 Å². The SMILES string of the molecule is CCOC(=O)c1ccc(N2C(=O)C(=O)/C(=C(/O)c3ccc(OC)cc3)[C@H]2c2ccccc2Cl)cc1. The maximum absolute atomic E-state index is 13.2. The number of nitrogens with zero attached hydrogens (tertiary/aromatic N) is 1. The van der Waals surface area contributed by atoms with Gasteiger partial charge in [0.05, 0.1) is 30.9 Å². The molecule has 1 aliphatic rings. The summed E-state index contributed by atoms with van der Waals surface area (Å²) >= 11 is 6.48. The van der Waals surface area contributed by atoms with E-state index in [2.05, 4.69) is 0 Å². The van der Waals surface area contributed by atoms with Crippen molar-refractivity contribution < 1.29 is 29.0 Å². The Labute approximate surface area is 207 Å². The van der Waals surface area contributed by atoms with E-state index in [9.17, 15) is 19.5 Å². The number of ether oxygens (including phenoxy) is 2. The highest BCUT2D eigenvalue weighted by Crippen LogP contribution is 2.44. The Balaban J connectivity index is 1.86. The number of hydrogen-bond acceptors (Lipinski definition) is 6. The molecule has 0 radical (unpaired) electrons. The number of methoxy groups -OCH3 is 1. The van der Waals surface area contributed by atoms with Crippen LogP contribution in [0.25, 0.3) is 5.76 Å². The minimum Gasteiger partial charge on any atom is -0.507 e. The molecule has 3 aromatic carbocycles. The molecule has 1 amide bonds. The first-order valence-corrected chi connectivity index (χ1v) is 11.2. The predicted molar refractivity (Wildman–Crippen MR) is 132 cm³/mol. The van der Waals surface area contributed by atoms with Gasteiger partial charge in [-0.15, -0.1) is 0 Å². The van der Waals surface area contributed by atoms with E-state index < -0.39 is 23.7 Å². The Bertz CT molecular complexity index is 1310. The van der Waals surface area contributed by atoms with E-state index in [4.69, 9.17) is 21.1 Å². The number of benzene rings is 3. The third-order valence-corrected chi connectivity index (χ3v) is 6.01. The van der Waals surface area contributed by atoms with E-state index in [0.717, 1.165) is 0 Å². The number of carbonyl (C=O) groups is 3. The van der Waals surface area contributed by atoms with Gasteiger partial charge in [0.25, 0.3) is 11.7 Å². The number of aliphatic hydroxyl groups excluding tert-OH is 1. The summed E-state index contributed by atoms with van der Waals surface area (Å²) in [6.45, 7) is 1.94. The van der Waals surface area contributed by atoms with Crippen LogP contribution >= 0.6 is 11.6 Å². The molecule has 8 heteroatoms. The number of rotatable bonds is 6. The van der Waals surface area contributed by atoms with Crippen LogP contribution in [0.2, 0.25) is 5.02 Å². The molecule has 1 fully saturated rings. The highest BCUT2D eigenvalue weighted by molar-refractivity contribution is 6.52. The molecule has 0 spiro atoms. The van der Waals surface area contributed by atoms with Crippen molar-refractivity contribution in [2.45, 2.75) is 13.0 Å². The van der Waals surface area contributed by atoms with Gasteiger partial charge in [-0.1, -0.05) is 29.8 Å². The minimum absolute atomic E-state index is 0.0947. The van der Waals surface area contributed by atoms with E-state index >= 15 is 0 Å². The van der Waals surface area contributed by atoms with Crippen molar-refractivity contribution in [2.75, 3.05) is 18.6 Å². The van der Waals surface area contributed by atoms with Gasteiger partial charge in [-0.2, -0.15) is 0 Å². The highest BCUT2D eigenvalue weighted by Gasteiger charge is 2.47. The zero-order chi connectivity index (χ0) is 25.1. The maximum Gasteiger partial charge on any atom is 0.338 e. The third-order valence-electron chi connectivity index (χ3n) is 5.66. The molecule has 7 nitrogen and oxygen atoms in total. The van der Waals surface area contributed by atoms with Gasteiger partial charge >= 0.3 is 5.97 Å². The number of carbonyl (C=O) groups excluding carboxylic acids is 3. The van der Waals surface area contributed by atoms with Crippen LogP contribution < -0.4 is 9.64 Å². The molecule has 1 saturated heterocycles. The quantitative estimate of drug-likeness (QED) is 0.222. The second-order valence-corrected chi connectivity index (χ2v) is 8.09. The highest BCUT2D eigenvalue weighted by atomic mass is 35.5. The molecule has 0 saturated carbocycles. The molecule has 0 bridgehead atoms. The Morgan fingerprint density at radius 3 is 2.20 bits per heavy atom. The lowest BCUT2D eigenvalue weighted by Crippen LogP contribution is -2.29. The largest absolute Gasteiger partial charge is 0.507 e. The summed E-state index contributed by atoms with van der Waals surface area (Å²) in [6.07, 6.45) is 0. The first kappa shape index (κ1) is 24.0. The summed E-state index contributed by atoms with van der Waals surface area (Å²) in [7, 11) is 1.52. The van der Waals surface area contributed by atoms with Crippen molar-refractivity contribution in [3.05, 3.63) is 100 Å². The molecule has 1 aliphatic heterocycles. The van der Waals surface area contributed by atoms with Crippen molar-refractivity contribution in [1.29, 1.82) is 0 Å². The standard InChI is InChI=1S/C27H22ClNO6/c1-3-35-27(33)17-8-12-18(13-9-17)29-23(20-6-4-5-7-21(20)28)22(25(31)26(29)32)24(30)16-10-14-19(34-2)15-11-16/h4-15,23,30H,3H2,1-2H3/b24-22+/t23-/m1/s1. The Morgan fingerprint density at radius 1 is 0.971 bits per heavy atom. The fraction of sp³-hybridized carbons (Fsp3) is 0.148. The van der Waals surface area contributed by atoms with Crippen LogP contribution in [0.4, 0.5) is 5.69 Å². The second-order valence-electron chi connectivity index (χ2n) is 7.69. The van der Waals surface area contributed by atoms with Crippen LogP contribution in [0.3, 0.4) is 0 Å². The number of aliphatic hydroxyl groups is 1. The average Bonchev–Trinajstić information content (AvgIpc) is 3.14. The lowest BCUT2D eigenvalue weighted by Gasteiger charge is -2.26. The van der Waals surface area contributed by atoms with Crippen LogP contribution in [0.15, 0.2) is 78.4 Å². The molecule has 0 aromatic heterocycles. The van der Waals surface area contributed by atoms with E-state index in [1.807, 2.05) is 0 Å². The van der Waals surface area contributed by atoms with E-state index in [1.165, 1.54) is 24.1 Å². The smallest absolute Gasteiger partial charge is 0.338 e. The van der Waals surface area contributed by atoms with Crippen molar-refractivity contribution in [3.8, 4) is 5.75 Å². The lowest BCUT2D eigenvalue weighted by atomic mass is 9.95. The van der Waals surface area contributed by atoms with Gasteiger partial charge in [0.1, 0.15) is 11.5 Å². The number of Topliss-reactive ketones (excluding diaryl/α,β-unsaturated/α-hetero) is 1. The Hall–Kier alpha value is -4.10. The fourth-order valence-corrected chi connectivity index (χ4v) is 4.21. The normalized spacial score (nSPS) is 16.9. The summed E-state index contributed by atoms with van der Waals surface area (Å²) in [5.74, 6) is -1.93. The lowest BCUT2D eigenvalue weighted by molar-refractivity contribution is -0.132. The van der Waals surface area contributed by atoms with Gasteiger partial charge in [-0.05, 0) is 67.1 Å². The average molecular weight is 492 g/mol. The minimum atomic E-state index is -0.987. The molecule has 178 valence electrons. The van der Waals surface area contributed by atoms with Crippen LogP contribution in [0.1, 0.15) is 34.5 Å². The Kier molecular flexibility index (Phi) is 6.89. The van der Waals surface area contributed by atoms with Crippen molar-refractivity contribution in [2.24, 2.45) is 0 Å². The predicted octanol–water partition coefficient (Wildman–Crippen LogP) is 5.15. The van der Waals surface area contributed by atoms with E-state index in [-0.39, 0.29) is 17.9 Å². The number of ketones is 1. The topological polar surface area (TPSA) is 93.1 Å². The van der Waals surface area contributed by atoms with E-state index in [0.29, 0.717) is 33.1 Å². The second kappa shape index (κ2) is 10.0. The summed E-state index contributed by atoms with van der Waals surface area (Å²) in [4.78, 5) is 39.8. The van der Waals surface area contributed by atoms with Gasteiger partial charge in [-0.3, -0.25) is 14.5 Å². The molecular formula is C27H22ClNO6. The van der Waals surface area contributed by atoms with E-state index in [1.54, 1.807) is 67.6 Å². The summed E-state index contributed by atoms with van der Waals surface area (Å²) in [5.41, 5.74) is 1.39. The van der Waals surface area contributed by atoms with Gasteiger partial charge in [-0.25, -0.2) is 4.79 Å². The number of hydrogen-bond donors (Lipinski definition) is 1. The number of anilines is 1. The zero-order valence-electron chi connectivity index (χ0n) is 19.0. The third kappa shape index (κ3) is 4.50. The monoisotopic (exact) mass is 491 g/mol. The molecule has 1 heterocycles. The summed E-state index contributed by atoms with van der Waals surface area (Å²) in [6, 6.07) is 18.4. The fourth-order valence-electron chi connectivity index (χ4n) is 3.97. The molecule has 0 unspecified atom stereocenters. The molecular weight excluding hydrogens is 470 g/mol. The van der Waals surface area contributed by atoms with Gasteiger partial charge < -0.3 is 14.6 Å². The van der Waals surface area contributed by atoms with Crippen molar-refractivity contribution >= 4 is 40.7 Å². The molecule has 35 heavy (non-hydrogen) atoms. The molecule has 1 N–H and O–H groups in total. The van der Waals surface area contributed by atoms with Crippen molar-refractivity contribution in [1.82, 2.24) is 0 Å². The molecule has 4 rings (SSSR count). The maximum atomic E-state index is 13.2.